The van der Waals surface area contributed by atoms with Crippen molar-refractivity contribution >= 4 is 12.4 Å². The van der Waals surface area contributed by atoms with Crippen LogP contribution in [0.15, 0.2) is 61.2 Å². The number of nitrogens with one attached hydrogen (secondary N) is 1. The first-order chi connectivity index (χ1) is 9.79. The predicted octanol–water partition coefficient (Wildman–Crippen LogP) is 4.10. The van der Waals surface area contributed by atoms with Gasteiger partial charge in [-0.1, -0.05) is 36.4 Å². The topological polar surface area (TPSA) is 21.3 Å². The molecule has 4 heteroatoms. The van der Waals surface area contributed by atoms with Crippen molar-refractivity contribution in [2.75, 3.05) is 6.54 Å². The van der Waals surface area contributed by atoms with Gasteiger partial charge in [0, 0.05) is 18.7 Å². The standard InChI is InChI=1S/C17H18FNO.ClH/c1-2-10-19-12-14-6-5-8-16(11-14)20-13-15-7-3-4-9-17(15)18;/h2-9,11,19H,1,10,12-13H2;1H. The normalized spacial score (nSPS) is 9.76. The summed E-state index contributed by atoms with van der Waals surface area (Å²) in [7, 11) is 0. The Kier molecular flexibility index (Phi) is 7.51. The average molecular weight is 308 g/mol. The Morgan fingerprint density at radius 1 is 1.14 bits per heavy atom. The third-order valence-corrected chi connectivity index (χ3v) is 2.87. The van der Waals surface area contributed by atoms with Crippen molar-refractivity contribution in [3.05, 3.63) is 78.1 Å². The highest BCUT2D eigenvalue weighted by atomic mass is 35.5. The minimum atomic E-state index is -0.240. The second-order valence-electron chi connectivity index (χ2n) is 4.45. The zero-order valence-corrected chi connectivity index (χ0v) is 12.5. The van der Waals surface area contributed by atoms with Gasteiger partial charge in [0.1, 0.15) is 18.2 Å². The number of rotatable bonds is 7. The van der Waals surface area contributed by atoms with Crippen LogP contribution < -0.4 is 10.1 Å². The van der Waals surface area contributed by atoms with Crippen molar-refractivity contribution in [1.29, 1.82) is 0 Å². The van der Waals surface area contributed by atoms with Crippen molar-refractivity contribution in [2.24, 2.45) is 0 Å². The van der Waals surface area contributed by atoms with Gasteiger partial charge < -0.3 is 10.1 Å². The van der Waals surface area contributed by atoms with Crippen LogP contribution in [0.1, 0.15) is 11.1 Å². The molecule has 0 fully saturated rings. The molecule has 2 nitrogen and oxygen atoms in total. The molecule has 0 saturated heterocycles. The molecule has 0 aliphatic heterocycles. The van der Waals surface area contributed by atoms with Crippen molar-refractivity contribution in [1.82, 2.24) is 5.32 Å². The highest BCUT2D eigenvalue weighted by molar-refractivity contribution is 5.85. The molecule has 21 heavy (non-hydrogen) atoms. The van der Waals surface area contributed by atoms with Gasteiger partial charge in [-0.2, -0.15) is 0 Å². The zero-order valence-electron chi connectivity index (χ0n) is 11.7. The summed E-state index contributed by atoms with van der Waals surface area (Å²) in [6, 6.07) is 14.4. The largest absolute Gasteiger partial charge is 0.489 e. The lowest BCUT2D eigenvalue weighted by Crippen LogP contribution is -2.12. The van der Waals surface area contributed by atoms with Gasteiger partial charge in [0.2, 0.25) is 0 Å². The lowest BCUT2D eigenvalue weighted by atomic mass is 10.2. The predicted molar refractivity (Wildman–Crippen MR) is 86.3 cm³/mol. The Hall–Kier alpha value is -1.84. The second-order valence-corrected chi connectivity index (χ2v) is 4.45. The van der Waals surface area contributed by atoms with Gasteiger partial charge >= 0.3 is 0 Å². The molecule has 0 bridgehead atoms. The second kappa shape index (κ2) is 9.16. The summed E-state index contributed by atoms with van der Waals surface area (Å²) in [5.41, 5.74) is 1.68. The first kappa shape index (κ1) is 17.2. The summed E-state index contributed by atoms with van der Waals surface area (Å²) in [5.74, 6) is 0.502. The maximum atomic E-state index is 13.5. The molecule has 0 saturated carbocycles. The van der Waals surface area contributed by atoms with E-state index < -0.39 is 0 Å². The molecular weight excluding hydrogens is 289 g/mol. The Morgan fingerprint density at radius 3 is 2.71 bits per heavy atom. The molecule has 0 aliphatic rings. The van der Waals surface area contributed by atoms with Crippen LogP contribution >= 0.6 is 12.4 Å². The first-order valence-corrected chi connectivity index (χ1v) is 6.56. The molecule has 0 spiro atoms. The molecule has 0 unspecified atom stereocenters. The first-order valence-electron chi connectivity index (χ1n) is 6.56. The van der Waals surface area contributed by atoms with Gasteiger partial charge in [0.15, 0.2) is 0 Å². The van der Waals surface area contributed by atoms with Crippen molar-refractivity contribution in [3.8, 4) is 5.75 Å². The van der Waals surface area contributed by atoms with Gasteiger partial charge in [-0.05, 0) is 23.8 Å². The Labute approximate surface area is 131 Å². The average Bonchev–Trinajstić information content (AvgIpc) is 2.47. The summed E-state index contributed by atoms with van der Waals surface area (Å²) < 4.78 is 19.1. The molecular formula is C17H19ClFNO. The van der Waals surface area contributed by atoms with E-state index in [-0.39, 0.29) is 24.8 Å². The quantitative estimate of drug-likeness (QED) is 0.614. The summed E-state index contributed by atoms with van der Waals surface area (Å²) in [5, 5.41) is 3.23. The summed E-state index contributed by atoms with van der Waals surface area (Å²) in [6.07, 6.45) is 1.82. The van der Waals surface area contributed by atoms with E-state index >= 15 is 0 Å². The SMILES string of the molecule is C=CCNCc1cccc(OCc2ccccc2F)c1.Cl. The minimum Gasteiger partial charge on any atom is -0.489 e. The molecule has 112 valence electrons. The van der Waals surface area contributed by atoms with E-state index in [0.29, 0.717) is 5.56 Å². The van der Waals surface area contributed by atoms with Crippen LogP contribution in [0.2, 0.25) is 0 Å². The summed E-state index contributed by atoms with van der Waals surface area (Å²) >= 11 is 0. The molecule has 0 aliphatic carbocycles. The molecule has 2 rings (SSSR count). The van der Waals surface area contributed by atoms with Gasteiger partial charge in [-0.25, -0.2) is 4.39 Å². The third kappa shape index (κ3) is 5.58. The molecule has 0 atom stereocenters. The third-order valence-electron chi connectivity index (χ3n) is 2.87. The minimum absolute atomic E-state index is 0. The van der Waals surface area contributed by atoms with E-state index in [9.17, 15) is 4.39 Å². The molecule has 0 radical (unpaired) electrons. The Balaban J connectivity index is 0.00000220. The van der Waals surface area contributed by atoms with Gasteiger partial charge in [0.25, 0.3) is 0 Å². The van der Waals surface area contributed by atoms with Gasteiger partial charge in [0.05, 0.1) is 0 Å². The molecule has 2 aromatic rings. The number of hydrogen-bond acceptors (Lipinski definition) is 2. The van der Waals surface area contributed by atoms with Crippen LogP contribution in [0.4, 0.5) is 4.39 Å². The lowest BCUT2D eigenvalue weighted by Gasteiger charge is -2.09. The van der Waals surface area contributed by atoms with E-state index in [1.165, 1.54) is 6.07 Å². The zero-order chi connectivity index (χ0) is 14.2. The van der Waals surface area contributed by atoms with Crippen LogP contribution in [0.25, 0.3) is 0 Å². The smallest absolute Gasteiger partial charge is 0.129 e. The van der Waals surface area contributed by atoms with Crippen LogP contribution in [0.3, 0.4) is 0 Å². The highest BCUT2D eigenvalue weighted by Crippen LogP contribution is 2.16. The van der Waals surface area contributed by atoms with E-state index in [1.54, 1.807) is 18.2 Å². The Bertz CT molecular complexity index is 574. The van der Waals surface area contributed by atoms with E-state index in [2.05, 4.69) is 11.9 Å². The van der Waals surface area contributed by atoms with Crippen LogP contribution in [-0.4, -0.2) is 6.54 Å². The van der Waals surface area contributed by atoms with Crippen LogP contribution in [0, 0.1) is 5.82 Å². The fourth-order valence-corrected chi connectivity index (χ4v) is 1.84. The lowest BCUT2D eigenvalue weighted by molar-refractivity contribution is 0.299. The van der Waals surface area contributed by atoms with Crippen LogP contribution in [0.5, 0.6) is 5.75 Å². The maximum Gasteiger partial charge on any atom is 0.129 e. The molecule has 1 N–H and O–H groups in total. The number of ether oxygens (including phenoxy) is 1. The van der Waals surface area contributed by atoms with E-state index in [1.807, 2.05) is 30.3 Å². The molecule has 0 amide bonds. The number of benzene rings is 2. The van der Waals surface area contributed by atoms with Crippen molar-refractivity contribution in [2.45, 2.75) is 13.2 Å². The molecule has 0 aromatic heterocycles. The van der Waals surface area contributed by atoms with Gasteiger partial charge in [-0.15, -0.1) is 19.0 Å². The van der Waals surface area contributed by atoms with E-state index in [0.717, 1.165) is 24.4 Å². The fourth-order valence-electron chi connectivity index (χ4n) is 1.84. The molecule has 0 heterocycles. The Morgan fingerprint density at radius 2 is 1.95 bits per heavy atom. The monoisotopic (exact) mass is 307 g/mol. The van der Waals surface area contributed by atoms with Gasteiger partial charge in [-0.3, -0.25) is 0 Å². The fraction of sp³-hybridized carbons (Fsp3) is 0.176. The van der Waals surface area contributed by atoms with Crippen LogP contribution in [-0.2, 0) is 13.2 Å². The van der Waals surface area contributed by atoms with Crippen molar-refractivity contribution < 1.29 is 9.13 Å². The van der Waals surface area contributed by atoms with E-state index in [4.69, 9.17) is 4.74 Å². The summed E-state index contributed by atoms with van der Waals surface area (Å²) in [4.78, 5) is 0. The summed E-state index contributed by atoms with van der Waals surface area (Å²) in [6.45, 7) is 5.41. The number of hydrogen-bond donors (Lipinski definition) is 1. The van der Waals surface area contributed by atoms with Crippen molar-refractivity contribution in [3.63, 3.8) is 0 Å². The number of halogens is 2. The maximum absolute atomic E-state index is 13.5. The highest BCUT2D eigenvalue weighted by Gasteiger charge is 2.02. The molecule has 2 aromatic carbocycles.